The highest BCUT2D eigenvalue weighted by molar-refractivity contribution is 9.10. The van der Waals surface area contributed by atoms with Gasteiger partial charge in [0, 0.05) is 58.7 Å². The molecule has 0 aliphatic carbocycles. The Morgan fingerprint density at radius 3 is 1.84 bits per heavy atom. The first-order valence-corrected chi connectivity index (χ1v) is 15.0. The van der Waals surface area contributed by atoms with Gasteiger partial charge in [-0.05, 0) is 57.5 Å². The summed E-state index contributed by atoms with van der Waals surface area (Å²) in [5.41, 5.74) is 2.06. The van der Waals surface area contributed by atoms with E-state index in [1.165, 1.54) is 5.56 Å². The Bertz CT molecular complexity index is 874. The van der Waals surface area contributed by atoms with Crippen molar-refractivity contribution in [2.75, 3.05) is 78.2 Å². The number of halogens is 3. The normalized spacial score (nSPS) is 16.2. The van der Waals surface area contributed by atoms with Crippen molar-refractivity contribution in [2.24, 2.45) is 0 Å². The fourth-order valence-corrected chi connectivity index (χ4v) is 4.57. The van der Waals surface area contributed by atoms with E-state index in [0.29, 0.717) is 5.75 Å². The summed E-state index contributed by atoms with van der Waals surface area (Å²) in [5, 5.41) is 9.07. The molecule has 2 heterocycles. The Hall–Kier alpha value is -0.870. The number of nitrogens with zero attached hydrogens (tertiary/aromatic N) is 2. The first-order chi connectivity index (χ1) is 17.9. The van der Waals surface area contributed by atoms with Crippen molar-refractivity contribution in [2.45, 2.75) is 26.7 Å². The molecule has 0 unspecified atom stereocenters. The van der Waals surface area contributed by atoms with Crippen LogP contribution in [0.5, 0.6) is 11.5 Å². The van der Waals surface area contributed by atoms with E-state index in [4.69, 9.17) is 30.9 Å². The van der Waals surface area contributed by atoms with Crippen molar-refractivity contribution >= 4 is 43.5 Å². The SMILES string of the molecule is Cc1c(Br)cccc1OCCCN1CCOCC1.Cc1c(O)cccc1Br.ClCCCN1CCOCC1. The Labute approximate surface area is 244 Å². The molecule has 2 aromatic carbocycles. The van der Waals surface area contributed by atoms with Crippen LogP contribution >= 0.6 is 43.5 Å². The molecule has 0 radical (unpaired) electrons. The van der Waals surface area contributed by atoms with E-state index in [1.54, 1.807) is 12.1 Å². The van der Waals surface area contributed by atoms with E-state index in [-0.39, 0.29) is 0 Å². The second-order valence-electron chi connectivity index (χ2n) is 8.90. The molecule has 0 amide bonds. The van der Waals surface area contributed by atoms with Gasteiger partial charge in [-0.1, -0.05) is 44.0 Å². The largest absolute Gasteiger partial charge is 0.508 e. The summed E-state index contributed by atoms with van der Waals surface area (Å²) in [6.45, 7) is 14.7. The highest BCUT2D eigenvalue weighted by Gasteiger charge is 2.10. The first-order valence-electron chi connectivity index (χ1n) is 12.9. The standard InChI is InChI=1S/C14H20BrNO2.C7H7BrO.C7H14ClNO/c1-12-13(15)4-2-5-14(12)18-9-3-6-16-7-10-17-11-8-16;1-5-6(8)3-2-4-7(5)9;8-2-1-3-9-4-6-10-7-5-9/h2,4-5H,3,6-11H2,1H3;2-4,9H,1H3;1-7H2. The minimum atomic E-state index is 0.337. The Balaban J connectivity index is 0.000000214. The number of morpholine rings is 2. The van der Waals surface area contributed by atoms with Gasteiger partial charge in [0.2, 0.25) is 0 Å². The lowest BCUT2D eigenvalue weighted by Gasteiger charge is -2.26. The zero-order chi connectivity index (χ0) is 26.9. The van der Waals surface area contributed by atoms with E-state index < -0.39 is 0 Å². The van der Waals surface area contributed by atoms with Crippen LogP contribution in [-0.2, 0) is 9.47 Å². The Morgan fingerprint density at radius 1 is 0.811 bits per heavy atom. The number of phenolic OH excluding ortho intramolecular Hbond substituents is 1. The highest BCUT2D eigenvalue weighted by atomic mass is 79.9. The molecule has 37 heavy (non-hydrogen) atoms. The molecule has 0 bridgehead atoms. The number of alkyl halides is 1. The fraction of sp³-hybridized carbons (Fsp3) is 0.571. The van der Waals surface area contributed by atoms with Crippen LogP contribution < -0.4 is 4.74 Å². The van der Waals surface area contributed by atoms with Crippen LogP contribution in [0.25, 0.3) is 0 Å². The van der Waals surface area contributed by atoms with Crippen molar-refractivity contribution in [3.8, 4) is 11.5 Å². The van der Waals surface area contributed by atoms with Gasteiger partial charge in [-0.2, -0.15) is 0 Å². The average Bonchev–Trinajstić information content (AvgIpc) is 2.93. The number of benzene rings is 2. The van der Waals surface area contributed by atoms with Gasteiger partial charge in [-0.25, -0.2) is 0 Å². The number of hydrogen-bond acceptors (Lipinski definition) is 6. The molecule has 2 aliphatic rings. The maximum absolute atomic E-state index is 9.07. The Morgan fingerprint density at radius 2 is 1.32 bits per heavy atom. The summed E-state index contributed by atoms with van der Waals surface area (Å²) in [5.74, 6) is 2.09. The molecular formula is C28H41Br2ClN2O4. The molecule has 2 aromatic rings. The summed E-state index contributed by atoms with van der Waals surface area (Å²) in [6, 6.07) is 11.4. The third-order valence-electron chi connectivity index (χ3n) is 6.15. The van der Waals surface area contributed by atoms with Gasteiger partial charge in [0.1, 0.15) is 11.5 Å². The fourth-order valence-electron chi connectivity index (χ4n) is 3.74. The van der Waals surface area contributed by atoms with E-state index in [0.717, 1.165) is 111 Å². The molecule has 2 aliphatic heterocycles. The predicted molar refractivity (Wildman–Crippen MR) is 159 cm³/mol. The molecular weight excluding hydrogens is 624 g/mol. The summed E-state index contributed by atoms with van der Waals surface area (Å²) in [7, 11) is 0. The molecule has 2 saturated heterocycles. The molecule has 9 heteroatoms. The second-order valence-corrected chi connectivity index (χ2v) is 11.0. The van der Waals surface area contributed by atoms with Gasteiger partial charge < -0.3 is 19.3 Å². The number of rotatable bonds is 8. The number of ether oxygens (including phenoxy) is 3. The zero-order valence-corrected chi connectivity index (χ0v) is 26.0. The smallest absolute Gasteiger partial charge is 0.123 e. The molecule has 0 aromatic heterocycles. The van der Waals surface area contributed by atoms with Gasteiger partial charge in [0.25, 0.3) is 0 Å². The molecule has 2 fully saturated rings. The molecule has 0 saturated carbocycles. The second kappa shape index (κ2) is 19.2. The lowest BCUT2D eigenvalue weighted by molar-refractivity contribution is 0.0358. The van der Waals surface area contributed by atoms with Gasteiger partial charge in [-0.15, -0.1) is 11.6 Å². The van der Waals surface area contributed by atoms with Crippen molar-refractivity contribution < 1.29 is 19.3 Å². The number of aromatic hydroxyl groups is 1. The number of hydrogen-bond donors (Lipinski definition) is 1. The molecule has 0 spiro atoms. The van der Waals surface area contributed by atoms with E-state index in [2.05, 4.69) is 48.6 Å². The third kappa shape index (κ3) is 13.2. The van der Waals surface area contributed by atoms with E-state index >= 15 is 0 Å². The monoisotopic (exact) mass is 662 g/mol. The van der Waals surface area contributed by atoms with Crippen LogP contribution in [0.1, 0.15) is 24.0 Å². The summed E-state index contributed by atoms with van der Waals surface area (Å²) >= 11 is 12.4. The van der Waals surface area contributed by atoms with Crippen molar-refractivity contribution in [3.05, 3.63) is 56.5 Å². The zero-order valence-electron chi connectivity index (χ0n) is 22.1. The minimum Gasteiger partial charge on any atom is -0.508 e. The summed E-state index contributed by atoms with van der Waals surface area (Å²) in [4.78, 5) is 4.83. The van der Waals surface area contributed by atoms with Crippen LogP contribution in [0.4, 0.5) is 0 Å². The van der Waals surface area contributed by atoms with E-state index in [9.17, 15) is 0 Å². The van der Waals surface area contributed by atoms with Gasteiger partial charge in [0.15, 0.2) is 0 Å². The molecule has 4 rings (SSSR count). The van der Waals surface area contributed by atoms with Crippen LogP contribution in [0.2, 0.25) is 0 Å². The predicted octanol–water partition coefficient (Wildman–Crippen LogP) is 6.27. The lowest BCUT2D eigenvalue weighted by atomic mass is 10.2. The van der Waals surface area contributed by atoms with Gasteiger partial charge >= 0.3 is 0 Å². The maximum Gasteiger partial charge on any atom is 0.123 e. The quantitative estimate of drug-likeness (QED) is 0.265. The van der Waals surface area contributed by atoms with Crippen LogP contribution in [0, 0.1) is 13.8 Å². The van der Waals surface area contributed by atoms with Gasteiger partial charge in [0.05, 0.1) is 33.0 Å². The number of phenols is 1. The topological polar surface area (TPSA) is 54.4 Å². The molecule has 1 N–H and O–H groups in total. The first kappa shape index (κ1) is 32.3. The minimum absolute atomic E-state index is 0.337. The molecule has 0 atom stereocenters. The summed E-state index contributed by atoms with van der Waals surface area (Å²) < 4.78 is 18.4. The molecule has 208 valence electrons. The van der Waals surface area contributed by atoms with E-state index in [1.807, 2.05) is 31.2 Å². The van der Waals surface area contributed by atoms with Crippen LogP contribution in [-0.4, -0.2) is 93.1 Å². The van der Waals surface area contributed by atoms with Crippen LogP contribution in [0.3, 0.4) is 0 Å². The summed E-state index contributed by atoms with van der Waals surface area (Å²) in [6.07, 6.45) is 2.16. The Kier molecular flexibility index (Phi) is 16.8. The highest BCUT2D eigenvalue weighted by Crippen LogP contribution is 2.25. The van der Waals surface area contributed by atoms with Crippen molar-refractivity contribution in [3.63, 3.8) is 0 Å². The third-order valence-corrected chi connectivity index (χ3v) is 8.13. The van der Waals surface area contributed by atoms with Gasteiger partial charge in [-0.3, -0.25) is 9.80 Å². The molecule has 6 nitrogen and oxygen atoms in total. The van der Waals surface area contributed by atoms with Crippen molar-refractivity contribution in [1.82, 2.24) is 9.80 Å². The average molecular weight is 665 g/mol. The lowest BCUT2D eigenvalue weighted by Crippen LogP contribution is -2.37. The van der Waals surface area contributed by atoms with Crippen molar-refractivity contribution in [1.29, 1.82) is 0 Å². The van der Waals surface area contributed by atoms with Crippen LogP contribution in [0.15, 0.2) is 45.3 Å². The maximum atomic E-state index is 9.07.